The van der Waals surface area contributed by atoms with Crippen molar-refractivity contribution in [1.82, 2.24) is 34.8 Å². The van der Waals surface area contributed by atoms with Gasteiger partial charge in [0, 0.05) is 37.6 Å². The molecule has 0 radical (unpaired) electrons. The Labute approximate surface area is 171 Å². The Bertz CT molecular complexity index is 1220. The molecular weight excluding hydrogens is 386 g/mol. The number of fused-ring (bicyclic) bond motifs is 1. The number of amides is 1. The zero-order valence-corrected chi connectivity index (χ0v) is 16.5. The van der Waals surface area contributed by atoms with Crippen molar-refractivity contribution in [3.8, 4) is 11.5 Å². The molecule has 3 aromatic heterocycles. The van der Waals surface area contributed by atoms with Crippen LogP contribution in [0.1, 0.15) is 18.7 Å². The summed E-state index contributed by atoms with van der Waals surface area (Å²) in [4.78, 5) is 32.8. The minimum absolute atomic E-state index is 0.120. The highest BCUT2D eigenvalue weighted by Gasteiger charge is 2.13. The van der Waals surface area contributed by atoms with Crippen LogP contribution >= 0.6 is 0 Å². The van der Waals surface area contributed by atoms with E-state index in [4.69, 9.17) is 4.52 Å². The van der Waals surface area contributed by atoms with E-state index in [2.05, 4.69) is 25.5 Å². The van der Waals surface area contributed by atoms with Crippen molar-refractivity contribution in [2.24, 2.45) is 0 Å². The van der Waals surface area contributed by atoms with E-state index in [-0.39, 0.29) is 35.9 Å². The average molecular weight is 407 g/mol. The molecule has 10 heteroatoms. The van der Waals surface area contributed by atoms with Crippen LogP contribution < -0.4 is 10.9 Å². The van der Waals surface area contributed by atoms with Crippen molar-refractivity contribution in [1.29, 1.82) is 0 Å². The quantitative estimate of drug-likeness (QED) is 0.440. The molecule has 0 aliphatic carbocycles. The maximum absolute atomic E-state index is 12.5. The molecular formula is C20H21N7O3. The smallest absolute Gasteiger partial charge is 0.266 e. The van der Waals surface area contributed by atoms with Gasteiger partial charge in [-0.1, -0.05) is 23.4 Å². The average Bonchev–Trinajstić information content (AvgIpc) is 3.37. The van der Waals surface area contributed by atoms with E-state index in [1.54, 1.807) is 6.92 Å². The number of aromatic nitrogens is 6. The standard InChI is InChI=1S/C20H21N7O3/c1-14-24-19(30-25-14)16-12-21-13-26(20(16)29)10-7-18(28)22-8-4-9-27-17-6-3-2-5-15(17)11-23-27/h2-3,5-6,11-13H,4,7-10H2,1H3,(H,22,28). The highest BCUT2D eigenvalue weighted by Crippen LogP contribution is 2.13. The molecule has 4 aromatic rings. The largest absolute Gasteiger partial charge is 0.356 e. The highest BCUT2D eigenvalue weighted by atomic mass is 16.5. The number of benzene rings is 1. The minimum Gasteiger partial charge on any atom is -0.356 e. The Morgan fingerprint density at radius 2 is 2.07 bits per heavy atom. The van der Waals surface area contributed by atoms with Gasteiger partial charge in [0.25, 0.3) is 11.4 Å². The predicted octanol–water partition coefficient (Wildman–Crippen LogP) is 1.55. The second-order valence-corrected chi connectivity index (χ2v) is 6.83. The number of nitrogens with one attached hydrogen (secondary N) is 1. The summed E-state index contributed by atoms with van der Waals surface area (Å²) in [6.45, 7) is 3.12. The van der Waals surface area contributed by atoms with Gasteiger partial charge in [0.2, 0.25) is 5.91 Å². The number of carbonyl (C=O) groups is 1. The SMILES string of the molecule is Cc1noc(-c2cncn(CCC(=O)NCCCn3ncc4ccccc43)c2=O)n1. The Hall–Kier alpha value is -3.82. The molecule has 0 unspecified atom stereocenters. The molecule has 4 rings (SSSR count). The zero-order chi connectivity index (χ0) is 20.9. The fourth-order valence-electron chi connectivity index (χ4n) is 3.13. The molecule has 0 spiro atoms. The van der Waals surface area contributed by atoms with Crippen LogP contribution in [-0.4, -0.2) is 41.9 Å². The third-order valence-corrected chi connectivity index (χ3v) is 4.66. The monoisotopic (exact) mass is 407 g/mol. The van der Waals surface area contributed by atoms with E-state index < -0.39 is 0 Å². The summed E-state index contributed by atoms with van der Waals surface area (Å²) >= 11 is 0. The molecule has 1 aromatic carbocycles. The number of aryl methyl sites for hydroxylation is 3. The maximum atomic E-state index is 12.5. The van der Waals surface area contributed by atoms with Crippen LogP contribution in [0.25, 0.3) is 22.4 Å². The van der Waals surface area contributed by atoms with Crippen LogP contribution in [0.3, 0.4) is 0 Å². The van der Waals surface area contributed by atoms with Gasteiger partial charge < -0.3 is 9.84 Å². The van der Waals surface area contributed by atoms with Crippen molar-refractivity contribution < 1.29 is 9.32 Å². The Morgan fingerprint density at radius 3 is 2.90 bits per heavy atom. The van der Waals surface area contributed by atoms with Gasteiger partial charge >= 0.3 is 0 Å². The lowest BCUT2D eigenvalue weighted by molar-refractivity contribution is -0.121. The summed E-state index contributed by atoms with van der Waals surface area (Å²) in [6.07, 6.45) is 5.53. The lowest BCUT2D eigenvalue weighted by Gasteiger charge is -2.08. The normalized spacial score (nSPS) is 11.1. The van der Waals surface area contributed by atoms with Crippen LogP contribution in [0.4, 0.5) is 0 Å². The zero-order valence-electron chi connectivity index (χ0n) is 16.5. The third kappa shape index (κ3) is 4.27. The number of rotatable bonds is 8. The predicted molar refractivity (Wildman–Crippen MR) is 109 cm³/mol. The molecule has 3 heterocycles. The number of nitrogens with zero attached hydrogens (tertiary/aromatic N) is 6. The summed E-state index contributed by atoms with van der Waals surface area (Å²) in [5, 5.41) is 12.0. The molecule has 30 heavy (non-hydrogen) atoms. The van der Waals surface area contributed by atoms with Gasteiger partial charge in [-0.2, -0.15) is 10.1 Å². The van der Waals surface area contributed by atoms with Gasteiger partial charge in [-0.3, -0.25) is 18.8 Å². The van der Waals surface area contributed by atoms with E-state index in [0.717, 1.165) is 17.3 Å². The van der Waals surface area contributed by atoms with Gasteiger partial charge in [-0.05, 0) is 19.4 Å². The highest BCUT2D eigenvalue weighted by molar-refractivity contribution is 5.78. The van der Waals surface area contributed by atoms with Crippen LogP contribution in [0, 0.1) is 6.92 Å². The first-order chi connectivity index (χ1) is 14.6. The molecule has 0 aliphatic heterocycles. The number of carbonyl (C=O) groups excluding carboxylic acids is 1. The number of hydrogen-bond acceptors (Lipinski definition) is 7. The van der Waals surface area contributed by atoms with E-state index in [1.165, 1.54) is 17.1 Å². The van der Waals surface area contributed by atoms with Gasteiger partial charge in [0.1, 0.15) is 5.56 Å². The first-order valence-corrected chi connectivity index (χ1v) is 9.64. The summed E-state index contributed by atoms with van der Waals surface area (Å²) in [5.41, 5.74) is 0.962. The second-order valence-electron chi connectivity index (χ2n) is 6.83. The molecule has 154 valence electrons. The lowest BCUT2D eigenvalue weighted by atomic mass is 10.2. The van der Waals surface area contributed by atoms with Gasteiger partial charge in [-0.25, -0.2) is 4.98 Å². The maximum Gasteiger partial charge on any atom is 0.266 e. The summed E-state index contributed by atoms with van der Waals surface area (Å²) in [5.74, 6) is 0.420. The van der Waals surface area contributed by atoms with Crippen molar-refractivity contribution >= 4 is 16.8 Å². The van der Waals surface area contributed by atoms with Crippen molar-refractivity contribution in [3.63, 3.8) is 0 Å². The first-order valence-electron chi connectivity index (χ1n) is 9.64. The topological polar surface area (TPSA) is 121 Å². The lowest BCUT2D eigenvalue weighted by Crippen LogP contribution is -2.29. The summed E-state index contributed by atoms with van der Waals surface area (Å²) < 4.78 is 8.33. The molecule has 1 N–H and O–H groups in total. The number of hydrogen-bond donors (Lipinski definition) is 1. The molecule has 0 atom stereocenters. The van der Waals surface area contributed by atoms with E-state index >= 15 is 0 Å². The summed E-state index contributed by atoms with van der Waals surface area (Å²) in [6, 6.07) is 8.00. The molecule has 10 nitrogen and oxygen atoms in total. The van der Waals surface area contributed by atoms with E-state index in [0.29, 0.717) is 18.9 Å². The Balaban J connectivity index is 1.26. The van der Waals surface area contributed by atoms with Crippen molar-refractivity contribution in [3.05, 3.63) is 59.2 Å². The fourth-order valence-corrected chi connectivity index (χ4v) is 3.13. The molecule has 0 fully saturated rings. The molecule has 0 saturated heterocycles. The van der Waals surface area contributed by atoms with Crippen LogP contribution in [0.5, 0.6) is 0 Å². The van der Waals surface area contributed by atoms with Gasteiger partial charge in [0.05, 0.1) is 18.0 Å². The Morgan fingerprint density at radius 1 is 1.20 bits per heavy atom. The fraction of sp³-hybridized carbons (Fsp3) is 0.300. The molecule has 0 bridgehead atoms. The molecule has 0 aliphatic rings. The Kier molecular flexibility index (Phi) is 5.64. The van der Waals surface area contributed by atoms with Gasteiger partial charge in [-0.15, -0.1) is 0 Å². The third-order valence-electron chi connectivity index (χ3n) is 4.66. The number of para-hydroxylation sites is 1. The van der Waals surface area contributed by atoms with E-state index in [1.807, 2.05) is 35.1 Å². The first kappa shape index (κ1) is 19.5. The van der Waals surface area contributed by atoms with Crippen LogP contribution in [0.15, 0.2) is 52.3 Å². The van der Waals surface area contributed by atoms with Crippen LogP contribution in [0.2, 0.25) is 0 Å². The molecule has 0 saturated carbocycles. The van der Waals surface area contributed by atoms with Crippen molar-refractivity contribution in [2.45, 2.75) is 32.9 Å². The molecule has 1 amide bonds. The summed E-state index contributed by atoms with van der Waals surface area (Å²) in [7, 11) is 0. The second kappa shape index (κ2) is 8.68. The van der Waals surface area contributed by atoms with Gasteiger partial charge in [0.15, 0.2) is 5.82 Å². The van der Waals surface area contributed by atoms with Crippen molar-refractivity contribution in [2.75, 3.05) is 6.54 Å². The minimum atomic E-state index is -0.327. The van der Waals surface area contributed by atoms with Crippen LogP contribution in [-0.2, 0) is 17.9 Å². The van der Waals surface area contributed by atoms with E-state index in [9.17, 15) is 9.59 Å².